The van der Waals surface area contributed by atoms with Crippen LogP contribution in [0, 0.1) is 5.92 Å². The van der Waals surface area contributed by atoms with Gasteiger partial charge in [-0.1, -0.05) is 18.2 Å². The van der Waals surface area contributed by atoms with Crippen LogP contribution in [0.4, 0.5) is 0 Å². The molecule has 1 atom stereocenters. The molecule has 1 nitrogen and oxygen atoms in total. The van der Waals surface area contributed by atoms with Gasteiger partial charge in [-0.2, -0.15) is 11.8 Å². The molecule has 0 aromatic heterocycles. The molecule has 0 aliphatic carbocycles. The highest BCUT2D eigenvalue weighted by Crippen LogP contribution is 2.23. The zero-order valence-corrected chi connectivity index (χ0v) is 11.5. The monoisotopic (exact) mass is 258 g/mol. The van der Waals surface area contributed by atoms with E-state index in [2.05, 4.69) is 18.4 Å². The average molecular weight is 259 g/mol. The predicted molar refractivity (Wildman–Crippen MR) is 73.9 cm³/mol. The number of hydrogen-bond donors (Lipinski definition) is 0. The van der Waals surface area contributed by atoms with Crippen molar-refractivity contribution in [3.8, 4) is 5.75 Å². The van der Waals surface area contributed by atoms with Crippen molar-refractivity contribution in [1.82, 2.24) is 0 Å². The van der Waals surface area contributed by atoms with Crippen LogP contribution in [0.2, 0.25) is 0 Å². The lowest BCUT2D eigenvalue weighted by Gasteiger charge is -2.15. The largest absolute Gasteiger partial charge is 0.496 e. The molecular weight excluding hydrogens is 240 g/mol. The SMILES string of the molecule is COc1ccccc1CC(CCl)CCSC. The minimum Gasteiger partial charge on any atom is -0.496 e. The number of thioether (sulfide) groups is 1. The van der Waals surface area contributed by atoms with Crippen LogP contribution in [-0.2, 0) is 6.42 Å². The summed E-state index contributed by atoms with van der Waals surface area (Å²) in [5.41, 5.74) is 1.26. The van der Waals surface area contributed by atoms with E-state index in [1.54, 1.807) is 7.11 Å². The quantitative estimate of drug-likeness (QED) is 0.687. The van der Waals surface area contributed by atoms with E-state index >= 15 is 0 Å². The van der Waals surface area contributed by atoms with Crippen LogP contribution in [0.5, 0.6) is 5.75 Å². The van der Waals surface area contributed by atoms with Crippen LogP contribution in [0.1, 0.15) is 12.0 Å². The van der Waals surface area contributed by atoms with E-state index in [-0.39, 0.29) is 0 Å². The Morgan fingerprint density at radius 2 is 2.12 bits per heavy atom. The van der Waals surface area contributed by atoms with E-state index < -0.39 is 0 Å². The lowest BCUT2D eigenvalue weighted by Crippen LogP contribution is -2.08. The molecule has 1 rings (SSSR count). The Bertz CT molecular complexity index is 304. The summed E-state index contributed by atoms with van der Waals surface area (Å²) in [4.78, 5) is 0. The maximum atomic E-state index is 6.00. The smallest absolute Gasteiger partial charge is 0.122 e. The molecule has 0 amide bonds. The number of para-hydroxylation sites is 1. The van der Waals surface area contributed by atoms with Gasteiger partial charge in [0.15, 0.2) is 0 Å². The van der Waals surface area contributed by atoms with Gasteiger partial charge in [0.25, 0.3) is 0 Å². The molecule has 3 heteroatoms. The first kappa shape index (κ1) is 13.7. The van der Waals surface area contributed by atoms with Gasteiger partial charge < -0.3 is 4.74 Å². The van der Waals surface area contributed by atoms with E-state index in [0.717, 1.165) is 18.1 Å². The third-order valence-corrected chi connectivity index (χ3v) is 3.73. The van der Waals surface area contributed by atoms with Crippen LogP contribution in [0.3, 0.4) is 0 Å². The third-order valence-electron chi connectivity index (χ3n) is 2.65. The van der Waals surface area contributed by atoms with Crippen molar-refractivity contribution in [2.75, 3.05) is 25.0 Å². The van der Waals surface area contributed by atoms with Crippen molar-refractivity contribution in [2.45, 2.75) is 12.8 Å². The second-order valence-corrected chi connectivity index (χ2v) is 5.11. The van der Waals surface area contributed by atoms with Gasteiger partial charge in [0.1, 0.15) is 5.75 Å². The van der Waals surface area contributed by atoms with Gasteiger partial charge in [0.05, 0.1) is 7.11 Å². The van der Waals surface area contributed by atoms with Crippen molar-refractivity contribution in [3.05, 3.63) is 29.8 Å². The van der Waals surface area contributed by atoms with Crippen LogP contribution in [0.15, 0.2) is 24.3 Å². The second-order valence-electron chi connectivity index (χ2n) is 3.82. The number of rotatable bonds is 7. The molecular formula is C13H19ClOS. The molecule has 0 aliphatic rings. The topological polar surface area (TPSA) is 9.23 Å². The molecule has 0 fully saturated rings. The number of halogens is 1. The molecule has 0 N–H and O–H groups in total. The fourth-order valence-corrected chi connectivity index (χ4v) is 2.53. The number of ether oxygens (including phenoxy) is 1. The number of hydrogen-bond acceptors (Lipinski definition) is 2. The first-order valence-electron chi connectivity index (χ1n) is 5.48. The standard InChI is InChI=1S/C13H19ClOS/c1-15-13-6-4-3-5-12(13)9-11(10-14)7-8-16-2/h3-6,11H,7-10H2,1-2H3. The number of methoxy groups -OCH3 is 1. The average Bonchev–Trinajstić information content (AvgIpc) is 2.34. The van der Waals surface area contributed by atoms with Crippen LogP contribution < -0.4 is 4.74 Å². The molecule has 0 heterocycles. The zero-order chi connectivity index (χ0) is 11.8. The Labute approximate surface area is 108 Å². The van der Waals surface area contributed by atoms with Gasteiger partial charge >= 0.3 is 0 Å². The molecule has 0 radical (unpaired) electrons. The summed E-state index contributed by atoms with van der Waals surface area (Å²) in [6.45, 7) is 0. The van der Waals surface area contributed by atoms with E-state index in [9.17, 15) is 0 Å². The molecule has 90 valence electrons. The van der Waals surface area contributed by atoms with Crippen molar-refractivity contribution in [3.63, 3.8) is 0 Å². The van der Waals surface area contributed by atoms with Gasteiger partial charge in [-0.25, -0.2) is 0 Å². The molecule has 0 spiro atoms. The predicted octanol–water partition coefficient (Wildman–Crippen LogP) is 3.85. The second kappa shape index (κ2) is 7.86. The van der Waals surface area contributed by atoms with Crippen molar-refractivity contribution < 1.29 is 4.74 Å². The van der Waals surface area contributed by atoms with Crippen LogP contribution in [0.25, 0.3) is 0 Å². The number of benzene rings is 1. The zero-order valence-electron chi connectivity index (χ0n) is 9.91. The Morgan fingerprint density at radius 3 is 2.75 bits per heavy atom. The summed E-state index contributed by atoms with van der Waals surface area (Å²) in [6, 6.07) is 8.18. The first-order chi connectivity index (χ1) is 7.81. The fraction of sp³-hybridized carbons (Fsp3) is 0.538. The van der Waals surface area contributed by atoms with Crippen molar-refractivity contribution in [1.29, 1.82) is 0 Å². The molecule has 16 heavy (non-hydrogen) atoms. The van der Waals surface area contributed by atoms with Crippen molar-refractivity contribution >= 4 is 23.4 Å². The summed E-state index contributed by atoms with van der Waals surface area (Å²) < 4.78 is 5.35. The highest BCUT2D eigenvalue weighted by Gasteiger charge is 2.11. The number of alkyl halides is 1. The summed E-state index contributed by atoms with van der Waals surface area (Å²) in [5, 5.41) is 0. The highest BCUT2D eigenvalue weighted by molar-refractivity contribution is 7.98. The Morgan fingerprint density at radius 1 is 1.38 bits per heavy atom. The molecule has 1 aromatic rings. The molecule has 1 aromatic carbocycles. The minimum atomic E-state index is 0.547. The van der Waals surface area contributed by atoms with Gasteiger partial charge in [-0.05, 0) is 42.4 Å². The summed E-state index contributed by atoms with van der Waals surface area (Å²) in [7, 11) is 1.72. The third kappa shape index (κ3) is 4.26. The van der Waals surface area contributed by atoms with Gasteiger partial charge in [-0.15, -0.1) is 11.6 Å². The maximum absolute atomic E-state index is 6.00. The Hall–Kier alpha value is -0.340. The first-order valence-corrected chi connectivity index (χ1v) is 7.41. The van der Waals surface area contributed by atoms with Gasteiger partial charge in [0.2, 0.25) is 0 Å². The normalized spacial score (nSPS) is 12.4. The summed E-state index contributed by atoms with van der Waals surface area (Å²) in [6.07, 6.45) is 4.31. The van der Waals surface area contributed by atoms with E-state index in [4.69, 9.17) is 16.3 Å². The maximum Gasteiger partial charge on any atom is 0.122 e. The lowest BCUT2D eigenvalue weighted by atomic mass is 9.98. The summed E-state index contributed by atoms with van der Waals surface area (Å²) >= 11 is 7.87. The summed E-state index contributed by atoms with van der Waals surface area (Å²) in [5.74, 6) is 3.41. The Kier molecular flexibility index (Phi) is 6.74. The van der Waals surface area contributed by atoms with E-state index in [1.807, 2.05) is 23.9 Å². The molecule has 0 bridgehead atoms. The van der Waals surface area contributed by atoms with Gasteiger partial charge in [-0.3, -0.25) is 0 Å². The lowest BCUT2D eigenvalue weighted by molar-refractivity contribution is 0.405. The van der Waals surface area contributed by atoms with Gasteiger partial charge in [0, 0.05) is 5.88 Å². The Balaban J connectivity index is 2.62. The minimum absolute atomic E-state index is 0.547. The van der Waals surface area contributed by atoms with E-state index in [0.29, 0.717) is 5.92 Å². The van der Waals surface area contributed by atoms with Crippen LogP contribution >= 0.6 is 23.4 Å². The molecule has 0 aliphatic heterocycles. The molecule has 0 saturated heterocycles. The van der Waals surface area contributed by atoms with E-state index in [1.165, 1.54) is 17.7 Å². The fourth-order valence-electron chi connectivity index (χ4n) is 1.70. The molecule has 1 unspecified atom stereocenters. The highest BCUT2D eigenvalue weighted by atomic mass is 35.5. The molecule has 0 saturated carbocycles. The van der Waals surface area contributed by atoms with Crippen LogP contribution in [-0.4, -0.2) is 25.0 Å². The van der Waals surface area contributed by atoms with Crippen molar-refractivity contribution in [2.24, 2.45) is 5.92 Å².